The molecule has 8 heteroatoms. The molecule has 3 heterocycles. The first-order valence-electron chi connectivity index (χ1n) is 12.4. The Morgan fingerprint density at radius 2 is 1.97 bits per heavy atom. The fraction of sp³-hybridized carbons (Fsp3) is 0.640. The molecule has 1 saturated carbocycles. The molecule has 0 amide bonds. The van der Waals surface area contributed by atoms with Crippen molar-refractivity contribution in [2.75, 3.05) is 31.1 Å². The Balaban J connectivity index is 0.00000259. The molecule has 1 aliphatic carbocycles. The van der Waals surface area contributed by atoms with Crippen molar-refractivity contribution in [3.63, 3.8) is 0 Å². The van der Waals surface area contributed by atoms with Crippen LogP contribution in [0.5, 0.6) is 0 Å². The molecule has 5 rings (SSSR count). The smallest absolute Gasteiger partial charge is 0.199 e. The fourth-order valence-corrected chi connectivity index (χ4v) is 6.02. The van der Waals surface area contributed by atoms with Crippen LogP contribution in [0.25, 0.3) is 0 Å². The van der Waals surface area contributed by atoms with Crippen molar-refractivity contribution >= 4 is 35.6 Å². The highest BCUT2D eigenvalue weighted by molar-refractivity contribution is 14.0. The topological polar surface area (TPSA) is 61.6 Å². The summed E-state index contributed by atoms with van der Waals surface area (Å²) in [4.78, 5) is 10.1. The molecule has 7 nitrogen and oxygen atoms in total. The normalized spacial score (nSPS) is 22.1. The maximum absolute atomic E-state index is 5.11. The van der Waals surface area contributed by atoms with Crippen LogP contribution in [0.15, 0.2) is 29.3 Å². The van der Waals surface area contributed by atoms with Gasteiger partial charge in [0, 0.05) is 37.3 Å². The highest BCUT2D eigenvalue weighted by atomic mass is 127. The average molecular weight is 564 g/mol. The monoisotopic (exact) mass is 563 g/mol. The molecule has 1 atom stereocenters. The largest absolute Gasteiger partial charge is 0.354 e. The van der Waals surface area contributed by atoms with Crippen LogP contribution < -0.4 is 10.2 Å². The molecule has 2 aliphatic heterocycles. The summed E-state index contributed by atoms with van der Waals surface area (Å²) in [6.45, 7) is 9.08. The molecule has 2 fully saturated rings. The summed E-state index contributed by atoms with van der Waals surface area (Å²) in [5.41, 5.74) is 3.12. The van der Waals surface area contributed by atoms with E-state index < -0.39 is 0 Å². The number of likely N-dealkylation sites (tertiary alicyclic amines) is 1. The maximum Gasteiger partial charge on any atom is 0.199 e. The second-order valence-electron chi connectivity index (χ2n) is 9.76. The summed E-state index contributed by atoms with van der Waals surface area (Å²) in [5, 5.41) is 12.4. The molecule has 1 aromatic heterocycles. The van der Waals surface area contributed by atoms with Crippen molar-refractivity contribution in [2.24, 2.45) is 12.0 Å². The molecular formula is C25H38IN7. The van der Waals surface area contributed by atoms with E-state index in [4.69, 9.17) is 4.99 Å². The number of guanidine groups is 1. The van der Waals surface area contributed by atoms with Crippen molar-refractivity contribution < 1.29 is 0 Å². The molecule has 1 unspecified atom stereocenters. The predicted octanol–water partition coefficient (Wildman–Crippen LogP) is 4.00. The van der Waals surface area contributed by atoms with E-state index in [0.717, 1.165) is 37.2 Å². The Hall–Kier alpha value is -1.68. The molecule has 1 saturated heterocycles. The van der Waals surface area contributed by atoms with Crippen LogP contribution in [0.2, 0.25) is 0 Å². The number of nitrogens with one attached hydrogen (secondary N) is 1. The second kappa shape index (κ2) is 10.3. The van der Waals surface area contributed by atoms with Gasteiger partial charge >= 0.3 is 0 Å². The lowest BCUT2D eigenvalue weighted by atomic mass is 9.81. The van der Waals surface area contributed by atoms with Gasteiger partial charge in [-0.3, -0.25) is 4.90 Å². The van der Waals surface area contributed by atoms with Crippen LogP contribution in [-0.4, -0.2) is 57.8 Å². The number of nitrogens with zero attached hydrogens (tertiary/aromatic N) is 6. The summed E-state index contributed by atoms with van der Waals surface area (Å²) >= 11 is 0. The van der Waals surface area contributed by atoms with Crippen molar-refractivity contribution in [3.8, 4) is 0 Å². The van der Waals surface area contributed by atoms with Crippen LogP contribution in [0.3, 0.4) is 0 Å². The van der Waals surface area contributed by atoms with E-state index >= 15 is 0 Å². The number of benzene rings is 1. The number of hydrogen-bond donors (Lipinski definition) is 1. The van der Waals surface area contributed by atoms with E-state index in [0.29, 0.717) is 12.6 Å². The van der Waals surface area contributed by atoms with E-state index in [1.165, 1.54) is 56.3 Å². The van der Waals surface area contributed by atoms with Gasteiger partial charge < -0.3 is 14.8 Å². The Kier molecular flexibility index (Phi) is 7.63. The molecule has 1 spiro atoms. The number of aryl methyl sites for hydroxylation is 1. The third-order valence-electron chi connectivity index (χ3n) is 8.00. The van der Waals surface area contributed by atoms with Crippen LogP contribution in [0.4, 0.5) is 5.69 Å². The summed E-state index contributed by atoms with van der Waals surface area (Å²) < 4.78 is 2.04. The van der Waals surface area contributed by atoms with Crippen LogP contribution in [0, 0.1) is 6.92 Å². The standard InChI is InChI=1S/C25H37N7.HI/c1-4-31-15-9-10-20(31)16-26-24(27-17-23-29-28-19(2)30(23)3)32-18-25(13-7-8-14-25)21-11-5-6-12-22(21)32;/h5-6,11-12,20H,4,7-10,13-18H2,1-3H3,(H,26,27);1H. The first-order chi connectivity index (χ1) is 15.6. The molecule has 0 bridgehead atoms. The Labute approximate surface area is 215 Å². The number of hydrogen-bond acceptors (Lipinski definition) is 4. The first-order valence-corrected chi connectivity index (χ1v) is 12.4. The molecule has 0 radical (unpaired) electrons. The van der Waals surface area contributed by atoms with Crippen molar-refractivity contribution in [2.45, 2.75) is 70.4 Å². The highest BCUT2D eigenvalue weighted by Crippen LogP contribution is 2.50. The number of aliphatic imine (C=N–C) groups is 1. The Morgan fingerprint density at radius 1 is 1.18 bits per heavy atom. The zero-order valence-corrected chi connectivity index (χ0v) is 22.6. The number of fused-ring (bicyclic) bond motifs is 2. The van der Waals surface area contributed by atoms with Crippen LogP contribution >= 0.6 is 24.0 Å². The molecule has 33 heavy (non-hydrogen) atoms. The maximum atomic E-state index is 5.11. The third-order valence-corrected chi connectivity index (χ3v) is 8.00. The number of anilines is 1. The third kappa shape index (κ3) is 4.65. The number of rotatable bonds is 5. The zero-order chi connectivity index (χ0) is 22.1. The molecule has 1 aromatic carbocycles. The zero-order valence-electron chi connectivity index (χ0n) is 20.3. The lowest BCUT2D eigenvalue weighted by Crippen LogP contribution is -2.48. The van der Waals surface area contributed by atoms with Gasteiger partial charge in [-0.25, -0.2) is 4.99 Å². The van der Waals surface area contributed by atoms with Crippen LogP contribution in [-0.2, 0) is 19.0 Å². The van der Waals surface area contributed by atoms with Gasteiger partial charge in [0.25, 0.3) is 0 Å². The van der Waals surface area contributed by atoms with Crippen molar-refractivity contribution in [3.05, 3.63) is 41.5 Å². The lowest BCUT2D eigenvalue weighted by Gasteiger charge is -2.29. The lowest BCUT2D eigenvalue weighted by molar-refractivity contribution is 0.267. The fourth-order valence-electron chi connectivity index (χ4n) is 6.02. The van der Waals surface area contributed by atoms with Gasteiger partial charge in [0.15, 0.2) is 11.8 Å². The average Bonchev–Trinajstić information content (AvgIpc) is 3.60. The Bertz CT molecular complexity index is 979. The number of halogens is 1. The second-order valence-corrected chi connectivity index (χ2v) is 9.76. The molecular weight excluding hydrogens is 525 g/mol. The number of aromatic nitrogens is 3. The van der Waals surface area contributed by atoms with Gasteiger partial charge in [-0.1, -0.05) is 38.0 Å². The van der Waals surface area contributed by atoms with Gasteiger partial charge in [-0.15, -0.1) is 34.2 Å². The van der Waals surface area contributed by atoms with Crippen LogP contribution in [0.1, 0.15) is 62.7 Å². The van der Waals surface area contributed by atoms with E-state index in [9.17, 15) is 0 Å². The van der Waals surface area contributed by atoms with Gasteiger partial charge in [0.05, 0.1) is 0 Å². The van der Waals surface area contributed by atoms with Gasteiger partial charge in [-0.2, -0.15) is 0 Å². The minimum atomic E-state index is 0. The summed E-state index contributed by atoms with van der Waals surface area (Å²) in [7, 11) is 2.02. The summed E-state index contributed by atoms with van der Waals surface area (Å²) in [5.74, 6) is 2.82. The molecule has 1 N–H and O–H groups in total. The van der Waals surface area contributed by atoms with E-state index in [-0.39, 0.29) is 29.4 Å². The van der Waals surface area contributed by atoms with Gasteiger partial charge in [-0.05, 0) is 57.3 Å². The number of para-hydroxylation sites is 1. The van der Waals surface area contributed by atoms with Crippen molar-refractivity contribution in [1.29, 1.82) is 0 Å². The molecule has 3 aliphatic rings. The quantitative estimate of drug-likeness (QED) is 0.339. The van der Waals surface area contributed by atoms with E-state index in [1.807, 2.05) is 18.5 Å². The molecule has 2 aromatic rings. The van der Waals surface area contributed by atoms with Crippen molar-refractivity contribution in [1.82, 2.24) is 25.0 Å². The SMILES string of the molecule is CCN1CCCC1CNC(=NCc1nnc(C)n1C)N1CC2(CCCC2)c2ccccc21.I. The molecule has 180 valence electrons. The van der Waals surface area contributed by atoms with Gasteiger partial charge in [0.1, 0.15) is 12.4 Å². The predicted molar refractivity (Wildman–Crippen MR) is 144 cm³/mol. The van der Waals surface area contributed by atoms with Gasteiger partial charge in [0.2, 0.25) is 0 Å². The minimum Gasteiger partial charge on any atom is -0.354 e. The number of likely N-dealkylation sites (N-methyl/N-ethyl adjacent to an activating group) is 1. The minimum absolute atomic E-state index is 0. The van der Waals surface area contributed by atoms with E-state index in [1.54, 1.807) is 0 Å². The first kappa shape index (κ1) is 24.4. The summed E-state index contributed by atoms with van der Waals surface area (Å²) in [6, 6.07) is 9.58. The Morgan fingerprint density at radius 3 is 2.70 bits per heavy atom. The summed E-state index contributed by atoms with van der Waals surface area (Å²) in [6.07, 6.45) is 7.77. The van der Waals surface area contributed by atoms with E-state index in [2.05, 4.69) is 56.5 Å². The highest BCUT2D eigenvalue weighted by Gasteiger charge is 2.45.